The van der Waals surface area contributed by atoms with Crippen LogP contribution in [-0.4, -0.2) is 78.4 Å². The lowest BCUT2D eigenvalue weighted by Crippen LogP contribution is -2.49. The Kier molecular flexibility index (Phi) is 5.91. The second-order valence-electron chi connectivity index (χ2n) is 7.43. The molecule has 2 amide bonds. The zero-order chi connectivity index (χ0) is 21.1. The average Bonchev–Trinajstić information content (AvgIpc) is 3.23. The molecule has 1 N–H and O–H groups in total. The highest BCUT2D eigenvalue weighted by atomic mass is 32.1. The van der Waals surface area contributed by atoms with Gasteiger partial charge < -0.3 is 15.1 Å². The molecular weight excluding hydrogens is 400 g/mol. The Labute approximate surface area is 179 Å². The number of fused-ring (bicyclic) bond motifs is 1. The van der Waals surface area contributed by atoms with Crippen LogP contribution in [0.4, 0.5) is 11.5 Å². The molecule has 4 rings (SSSR count). The molecule has 1 saturated heterocycles. The van der Waals surface area contributed by atoms with Crippen molar-refractivity contribution in [2.24, 2.45) is 0 Å². The van der Waals surface area contributed by atoms with Gasteiger partial charge in [0.25, 0.3) is 5.91 Å². The monoisotopic (exact) mass is 424 g/mol. The van der Waals surface area contributed by atoms with Gasteiger partial charge in [-0.05, 0) is 29.6 Å². The van der Waals surface area contributed by atoms with E-state index in [-0.39, 0.29) is 11.8 Å². The molecule has 0 radical (unpaired) electrons. The highest BCUT2D eigenvalue weighted by Gasteiger charge is 2.22. The van der Waals surface area contributed by atoms with Crippen molar-refractivity contribution in [1.29, 1.82) is 0 Å². The Hall–Kier alpha value is -3.04. The molecular formula is C21H24N6O2S. The third-order valence-electron chi connectivity index (χ3n) is 5.08. The fourth-order valence-electron chi connectivity index (χ4n) is 3.54. The van der Waals surface area contributed by atoms with Crippen LogP contribution in [0.2, 0.25) is 0 Å². The molecule has 3 heterocycles. The van der Waals surface area contributed by atoms with Crippen LogP contribution in [0.15, 0.2) is 42.0 Å². The standard InChI is InChI=1S/C21H24N6O2S/c1-25(2)21(29)15-4-3-5-16(12-15)24-18(28)13-26-7-9-27(10-8-26)19-17-6-11-30-20(17)23-14-22-19/h3-6,11-12,14H,7-10,13H2,1-2H3,(H,24,28). The van der Waals surface area contributed by atoms with Gasteiger partial charge in [0.2, 0.25) is 5.91 Å². The Balaban J connectivity index is 1.32. The van der Waals surface area contributed by atoms with E-state index < -0.39 is 0 Å². The molecule has 9 heteroatoms. The summed E-state index contributed by atoms with van der Waals surface area (Å²) >= 11 is 1.61. The maximum atomic E-state index is 12.5. The number of nitrogens with one attached hydrogen (secondary N) is 1. The van der Waals surface area contributed by atoms with E-state index in [2.05, 4.69) is 31.2 Å². The fourth-order valence-corrected chi connectivity index (χ4v) is 4.27. The summed E-state index contributed by atoms with van der Waals surface area (Å²) in [5, 5.41) is 6.02. The first-order valence-electron chi connectivity index (χ1n) is 9.78. The van der Waals surface area contributed by atoms with Gasteiger partial charge in [-0.1, -0.05) is 6.07 Å². The van der Waals surface area contributed by atoms with E-state index in [1.165, 1.54) is 4.90 Å². The summed E-state index contributed by atoms with van der Waals surface area (Å²) in [7, 11) is 3.41. The quantitative estimate of drug-likeness (QED) is 0.676. The first-order valence-corrected chi connectivity index (χ1v) is 10.7. The molecule has 0 atom stereocenters. The average molecular weight is 425 g/mol. The second-order valence-corrected chi connectivity index (χ2v) is 8.32. The first-order chi connectivity index (χ1) is 14.5. The molecule has 2 aromatic heterocycles. The number of piperazine rings is 1. The van der Waals surface area contributed by atoms with Crippen LogP contribution in [0, 0.1) is 0 Å². The lowest BCUT2D eigenvalue weighted by molar-refractivity contribution is -0.117. The van der Waals surface area contributed by atoms with Crippen molar-refractivity contribution in [3.63, 3.8) is 0 Å². The maximum absolute atomic E-state index is 12.5. The Morgan fingerprint density at radius 3 is 2.70 bits per heavy atom. The highest BCUT2D eigenvalue weighted by Crippen LogP contribution is 2.27. The molecule has 1 aromatic carbocycles. The van der Waals surface area contributed by atoms with E-state index >= 15 is 0 Å². The van der Waals surface area contributed by atoms with Gasteiger partial charge in [0.1, 0.15) is 17.0 Å². The van der Waals surface area contributed by atoms with Gasteiger partial charge in [-0.25, -0.2) is 9.97 Å². The number of nitrogens with zero attached hydrogens (tertiary/aromatic N) is 5. The lowest BCUT2D eigenvalue weighted by atomic mass is 10.2. The molecule has 0 spiro atoms. The maximum Gasteiger partial charge on any atom is 0.253 e. The van der Waals surface area contributed by atoms with E-state index in [9.17, 15) is 9.59 Å². The van der Waals surface area contributed by atoms with E-state index in [0.717, 1.165) is 42.2 Å². The van der Waals surface area contributed by atoms with Crippen molar-refractivity contribution in [2.45, 2.75) is 0 Å². The minimum Gasteiger partial charge on any atom is -0.353 e. The largest absolute Gasteiger partial charge is 0.353 e. The number of benzene rings is 1. The van der Waals surface area contributed by atoms with Crippen LogP contribution in [-0.2, 0) is 4.79 Å². The molecule has 30 heavy (non-hydrogen) atoms. The van der Waals surface area contributed by atoms with E-state index in [1.807, 2.05) is 5.38 Å². The Morgan fingerprint density at radius 2 is 1.93 bits per heavy atom. The topological polar surface area (TPSA) is 81.7 Å². The van der Waals surface area contributed by atoms with Gasteiger partial charge in [0, 0.05) is 51.5 Å². The number of thiophene rings is 1. The summed E-state index contributed by atoms with van der Waals surface area (Å²) in [5.74, 6) is 0.791. The predicted molar refractivity (Wildman–Crippen MR) is 119 cm³/mol. The van der Waals surface area contributed by atoms with Crippen molar-refractivity contribution >= 4 is 44.9 Å². The normalized spacial score (nSPS) is 14.7. The zero-order valence-electron chi connectivity index (χ0n) is 17.0. The molecule has 8 nitrogen and oxygen atoms in total. The van der Waals surface area contributed by atoms with Gasteiger partial charge in [-0.3, -0.25) is 14.5 Å². The molecule has 0 bridgehead atoms. The number of anilines is 2. The number of amides is 2. The van der Waals surface area contributed by atoms with Crippen LogP contribution in [0.3, 0.4) is 0 Å². The van der Waals surface area contributed by atoms with E-state index in [4.69, 9.17) is 0 Å². The predicted octanol–water partition coefficient (Wildman–Crippen LogP) is 2.15. The summed E-state index contributed by atoms with van der Waals surface area (Å²) < 4.78 is 0. The number of carbonyl (C=O) groups excluding carboxylic acids is 2. The van der Waals surface area contributed by atoms with Crippen molar-refractivity contribution in [3.05, 3.63) is 47.6 Å². The van der Waals surface area contributed by atoms with Gasteiger partial charge in [0.05, 0.1) is 11.9 Å². The van der Waals surface area contributed by atoms with Gasteiger partial charge in [-0.15, -0.1) is 11.3 Å². The number of hydrogen-bond donors (Lipinski definition) is 1. The highest BCUT2D eigenvalue weighted by molar-refractivity contribution is 7.16. The second kappa shape index (κ2) is 8.76. The zero-order valence-corrected chi connectivity index (χ0v) is 17.9. The molecule has 1 aliphatic heterocycles. The van der Waals surface area contributed by atoms with Gasteiger partial charge in [0.15, 0.2) is 0 Å². The molecule has 3 aromatic rings. The summed E-state index contributed by atoms with van der Waals surface area (Å²) in [6.07, 6.45) is 1.61. The van der Waals surface area contributed by atoms with E-state index in [0.29, 0.717) is 17.8 Å². The molecule has 0 aliphatic carbocycles. The SMILES string of the molecule is CN(C)C(=O)c1cccc(NC(=O)CN2CCN(c3ncnc4sccc34)CC2)c1. The van der Waals surface area contributed by atoms with Crippen LogP contribution >= 0.6 is 11.3 Å². The van der Waals surface area contributed by atoms with Crippen molar-refractivity contribution < 1.29 is 9.59 Å². The van der Waals surface area contributed by atoms with Crippen LogP contribution in [0.25, 0.3) is 10.2 Å². The molecule has 0 saturated carbocycles. The van der Waals surface area contributed by atoms with E-state index in [1.54, 1.807) is 56.0 Å². The number of hydrogen-bond acceptors (Lipinski definition) is 7. The van der Waals surface area contributed by atoms with Crippen molar-refractivity contribution in [3.8, 4) is 0 Å². The van der Waals surface area contributed by atoms with Crippen LogP contribution < -0.4 is 10.2 Å². The minimum atomic E-state index is -0.0910. The number of aromatic nitrogens is 2. The summed E-state index contributed by atoms with van der Waals surface area (Å²) in [6, 6.07) is 9.08. The van der Waals surface area contributed by atoms with Crippen LogP contribution in [0.5, 0.6) is 0 Å². The Morgan fingerprint density at radius 1 is 1.13 bits per heavy atom. The van der Waals surface area contributed by atoms with Crippen molar-refractivity contribution in [1.82, 2.24) is 19.8 Å². The fraction of sp³-hybridized carbons (Fsp3) is 0.333. The van der Waals surface area contributed by atoms with Crippen LogP contribution in [0.1, 0.15) is 10.4 Å². The smallest absolute Gasteiger partial charge is 0.253 e. The Bertz CT molecular complexity index is 1060. The first kappa shape index (κ1) is 20.2. The summed E-state index contributed by atoms with van der Waals surface area (Å²) in [5.41, 5.74) is 1.18. The molecule has 156 valence electrons. The van der Waals surface area contributed by atoms with Gasteiger partial charge >= 0.3 is 0 Å². The summed E-state index contributed by atoms with van der Waals surface area (Å²) in [4.78, 5) is 40.3. The van der Waals surface area contributed by atoms with Crippen molar-refractivity contribution in [2.75, 3.05) is 57.0 Å². The number of carbonyl (C=O) groups is 2. The van der Waals surface area contributed by atoms with Gasteiger partial charge in [-0.2, -0.15) is 0 Å². The number of rotatable bonds is 5. The molecule has 0 unspecified atom stereocenters. The molecule has 1 aliphatic rings. The third-order valence-corrected chi connectivity index (χ3v) is 5.90. The minimum absolute atomic E-state index is 0.0832. The third kappa shape index (κ3) is 4.42. The molecule has 1 fully saturated rings. The summed E-state index contributed by atoms with van der Waals surface area (Å²) in [6.45, 7) is 3.49. The lowest BCUT2D eigenvalue weighted by Gasteiger charge is -2.35.